The lowest BCUT2D eigenvalue weighted by Gasteiger charge is -2.26. The molecular formula is C14H21Cl2NO2. The molecule has 0 N–H and O–H groups in total. The summed E-state index contributed by atoms with van der Waals surface area (Å²) in [7, 11) is 0. The minimum atomic E-state index is 0. The molecule has 0 amide bonds. The molecular weight excluding hydrogens is 285 g/mol. The summed E-state index contributed by atoms with van der Waals surface area (Å²) in [5.41, 5.74) is 2.34. The Bertz CT molecular complexity index is 407. The molecule has 1 saturated heterocycles. The van der Waals surface area contributed by atoms with Gasteiger partial charge in [-0.3, -0.25) is 4.90 Å². The van der Waals surface area contributed by atoms with E-state index in [4.69, 9.17) is 21.1 Å². The zero-order chi connectivity index (χ0) is 13.0. The number of nitrogens with zero attached hydrogens (tertiary/aromatic N) is 1. The van der Waals surface area contributed by atoms with Crippen molar-refractivity contribution in [3.63, 3.8) is 0 Å². The Labute approximate surface area is 126 Å². The first-order valence-electron chi connectivity index (χ1n) is 6.37. The fraction of sp³-hybridized carbons (Fsp3) is 0.571. The normalized spacial score (nSPS) is 15.9. The van der Waals surface area contributed by atoms with Crippen LogP contribution in [-0.4, -0.2) is 44.4 Å². The Morgan fingerprint density at radius 1 is 1.26 bits per heavy atom. The average Bonchev–Trinajstić information content (AvgIpc) is 2.39. The lowest BCUT2D eigenvalue weighted by molar-refractivity contribution is 0.0322. The molecule has 1 aliphatic rings. The largest absolute Gasteiger partial charge is 0.490 e. The molecule has 0 radical (unpaired) electrons. The van der Waals surface area contributed by atoms with Gasteiger partial charge in [-0.1, -0.05) is 17.7 Å². The van der Waals surface area contributed by atoms with E-state index in [0.29, 0.717) is 11.6 Å². The van der Waals surface area contributed by atoms with Gasteiger partial charge in [0.2, 0.25) is 0 Å². The van der Waals surface area contributed by atoms with Crippen LogP contribution in [0.5, 0.6) is 5.75 Å². The van der Waals surface area contributed by atoms with E-state index in [9.17, 15) is 0 Å². The van der Waals surface area contributed by atoms with Gasteiger partial charge in [-0.15, -0.1) is 12.4 Å². The summed E-state index contributed by atoms with van der Waals surface area (Å²) in [6.45, 7) is 9.34. The van der Waals surface area contributed by atoms with Crippen LogP contribution in [0, 0.1) is 13.8 Å². The van der Waals surface area contributed by atoms with Crippen LogP contribution in [0.25, 0.3) is 0 Å². The Kier molecular flexibility index (Phi) is 6.94. The number of halogens is 2. The lowest BCUT2D eigenvalue weighted by Crippen LogP contribution is -2.38. The van der Waals surface area contributed by atoms with Crippen LogP contribution < -0.4 is 4.74 Å². The van der Waals surface area contributed by atoms with Crippen molar-refractivity contribution in [2.24, 2.45) is 0 Å². The minimum Gasteiger partial charge on any atom is -0.490 e. The van der Waals surface area contributed by atoms with Crippen LogP contribution in [0.4, 0.5) is 0 Å². The molecule has 1 fully saturated rings. The quantitative estimate of drug-likeness (QED) is 0.853. The highest BCUT2D eigenvalue weighted by molar-refractivity contribution is 6.32. The first-order chi connectivity index (χ1) is 8.68. The Morgan fingerprint density at radius 3 is 2.63 bits per heavy atom. The van der Waals surface area contributed by atoms with Crippen molar-refractivity contribution < 1.29 is 9.47 Å². The third kappa shape index (κ3) is 4.53. The van der Waals surface area contributed by atoms with E-state index in [1.165, 1.54) is 5.56 Å². The molecule has 5 heteroatoms. The maximum absolute atomic E-state index is 6.16. The molecule has 19 heavy (non-hydrogen) atoms. The van der Waals surface area contributed by atoms with Gasteiger partial charge in [0.1, 0.15) is 12.4 Å². The van der Waals surface area contributed by atoms with Crippen molar-refractivity contribution in [3.05, 3.63) is 28.3 Å². The van der Waals surface area contributed by atoms with Crippen molar-refractivity contribution >= 4 is 24.0 Å². The molecule has 0 unspecified atom stereocenters. The molecule has 1 heterocycles. The lowest BCUT2D eigenvalue weighted by atomic mass is 10.1. The molecule has 0 aliphatic carbocycles. The number of hydrogen-bond donors (Lipinski definition) is 0. The van der Waals surface area contributed by atoms with Gasteiger partial charge in [0.25, 0.3) is 0 Å². The number of ether oxygens (including phenoxy) is 2. The zero-order valence-corrected chi connectivity index (χ0v) is 13.0. The summed E-state index contributed by atoms with van der Waals surface area (Å²) in [5, 5.41) is 0.695. The number of benzene rings is 1. The summed E-state index contributed by atoms with van der Waals surface area (Å²) in [6, 6.07) is 3.92. The fourth-order valence-electron chi connectivity index (χ4n) is 2.04. The predicted molar refractivity (Wildman–Crippen MR) is 80.9 cm³/mol. The van der Waals surface area contributed by atoms with Gasteiger partial charge < -0.3 is 9.47 Å². The van der Waals surface area contributed by atoms with Gasteiger partial charge in [-0.25, -0.2) is 0 Å². The summed E-state index contributed by atoms with van der Waals surface area (Å²) < 4.78 is 11.2. The van der Waals surface area contributed by atoms with E-state index in [1.54, 1.807) is 0 Å². The Hall–Kier alpha value is -0.480. The van der Waals surface area contributed by atoms with E-state index in [-0.39, 0.29) is 12.4 Å². The van der Waals surface area contributed by atoms with Crippen LogP contribution in [0.15, 0.2) is 12.1 Å². The summed E-state index contributed by atoms with van der Waals surface area (Å²) in [6.07, 6.45) is 0. The molecule has 0 bridgehead atoms. The molecule has 108 valence electrons. The van der Waals surface area contributed by atoms with Crippen LogP contribution >= 0.6 is 24.0 Å². The van der Waals surface area contributed by atoms with E-state index < -0.39 is 0 Å². The standard InChI is InChI=1S/C14H20ClNO2.ClH/c1-11-3-4-13(15)14(12(11)2)18-10-7-16-5-8-17-9-6-16;/h3-4H,5-10H2,1-2H3;1H. The third-order valence-corrected chi connectivity index (χ3v) is 3.68. The topological polar surface area (TPSA) is 21.7 Å². The van der Waals surface area contributed by atoms with Crippen LogP contribution in [0.3, 0.4) is 0 Å². The second-order valence-electron chi connectivity index (χ2n) is 4.62. The minimum absolute atomic E-state index is 0. The highest BCUT2D eigenvalue weighted by atomic mass is 35.5. The van der Waals surface area contributed by atoms with E-state index in [1.807, 2.05) is 19.1 Å². The number of rotatable bonds is 4. The van der Waals surface area contributed by atoms with Crippen molar-refractivity contribution in [3.8, 4) is 5.75 Å². The summed E-state index contributed by atoms with van der Waals surface area (Å²) in [4.78, 5) is 2.35. The fourth-order valence-corrected chi connectivity index (χ4v) is 2.30. The van der Waals surface area contributed by atoms with Crippen LogP contribution in [-0.2, 0) is 4.74 Å². The molecule has 0 spiro atoms. The van der Waals surface area contributed by atoms with Crippen LogP contribution in [0.2, 0.25) is 5.02 Å². The second kappa shape index (κ2) is 7.95. The third-order valence-electron chi connectivity index (χ3n) is 3.39. The SMILES string of the molecule is Cc1ccc(Cl)c(OCCN2CCOCC2)c1C.Cl. The molecule has 0 aromatic heterocycles. The van der Waals surface area contributed by atoms with Crippen molar-refractivity contribution in [1.29, 1.82) is 0 Å². The first-order valence-corrected chi connectivity index (χ1v) is 6.75. The Balaban J connectivity index is 0.00000180. The second-order valence-corrected chi connectivity index (χ2v) is 5.03. The zero-order valence-electron chi connectivity index (χ0n) is 11.4. The monoisotopic (exact) mass is 305 g/mol. The van der Waals surface area contributed by atoms with Crippen molar-refractivity contribution in [2.45, 2.75) is 13.8 Å². The number of aryl methyl sites for hydroxylation is 1. The maximum Gasteiger partial charge on any atom is 0.141 e. The number of morpholine rings is 1. The van der Waals surface area contributed by atoms with Gasteiger partial charge in [0, 0.05) is 19.6 Å². The van der Waals surface area contributed by atoms with Gasteiger partial charge in [0.05, 0.1) is 18.2 Å². The smallest absolute Gasteiger partial charge is 0.141 e. The highest BCUT2D eigenvalue weighted by Gasteiger charge is 2.11. The molecule has 1 aromatic carbocycles. The van der Waals surface area contributed by atoms with E-state index in [0.717, 1.165) is 44.2 Å². The van der Waals surface area contributed by atoms with Gasteiger partial charge >= 0.3 is 0 Å². The summed E-state index contributed by atoms with van der Waals surface area (Å²) in [5.74, 6) is 0.824. The molecule has 0 atom stereocenters. The maximum atomic E-state index is 6.16. The van der Waals surface area contributed by atoms with Gasteiger partial charge in [-0.05, 0) is 31.0 Å². The van der Waals surface area contributed by atoms with E-state index >= 15 is 0 Å². The van der Waals surface area contributed by atoms with Crippen LogP contribution in [0.1, 0.15) is 11.1 Å². The molecule has 1 aliphatic heterocycles. The molecule has 3 nitrogen and oxygen atoms in total. The van der Waals surface area contributed by atoms with Gasteiger partial charge in [-0.2, -0.15) is 0 Å². The van der Waals surface area contributed by atoms with Crippen molar-refractivity contribution in [1.82, 2.24) is 4.90 Å². The highest BCUT2D eigenvalue weighted by Crippen LogP contribution is 2.30. The van der Waals surface area contributed by atoms with Crippen molar-refractivity contribution in [2.75, 3.05) is 39.5 Å². The number of hydrogen-bond acceptors (Lipinski definition) is 3. The molecule has 2 rings (SSSR count). The predicted octanol–water partition coefficient (Wildman–Crippen LogP) is 3.09. The van der Waals surface area contributed by atoms with Gasteiger partial charge in [0.15, 0.2) is 0 Å². The Morgan fingerprint density at radius 2 is 1.95 bits per heavy atom. The first kappa shape index (κ1) is 16.6. The summed E-state index contributed by atoms with van der Waals surface area (Å²) >= 11 is 6.16. The molecule has 1 aromatic rings. The molecule has 0 saturated carbocycles. The average molecular weight is 306 g/mol. The van der Waals surface area contributed by atoms with E-state index in [2.05, 4.69) is 11.8 Å².